The molecule has 1 aromatic carbocycles. The summed E-state index contributed by atoms with van der Waals surface area (Å²) in [6.07, 6.45) is 1.71. The SMILES string of the molecule is Cc1cc(-c2ccc(C)c(S(=O)(=O)N3CCC(N(C)C(C)C)CC3)c2)on1. The summed E-state index contributed by atoms with van der Waals surface area (Å²) in [7, 11) is -1.42. The van der Waals surface area contributed by atoms with Crippen LogP contribution in [-0.2, 0) is 10.0 Å². The molecule has 0 spiro atoms. The molecule has 148 valence electrons. The fourth-order valence-electron chi connectivity index (χ4n) is 3.58. The van der Waals surface area contributed by atoms with Crippen LogP contribution in [0.5, 0.6) is 0 Å². The second-order valence-corrected chi connectivity index (χ2v) is 9.61. The fourth-order valence-corrected chi connectivity index (χ4v) is 5.30. The van der Waals surface area contributed by atoms with Gasteiger partial charge in [-0.05, 0) is 59.2 Å². The molecule has 0 unspecified atom stereocenters. The van der Waals surface area contributed by atoms with Gasteiger partial charge in [0.1, 0.15) is 0 Å². The molecule has 1 aliphatic rings. The Morgan fingerprint density at radius 2 is 1.85 bits per heavy atom. The van der Waals surface area contributed by atoms with Crippen molar-refractivity contribution in [2.75, 3.05) is 20.1 Å². The van der Waals surface area contributed by atoms with E-state index in [0.717, 1.165) is 29.7 Å². The third kappa shape index (κ3) is 4.10. The maximum Gasteiger partial charge on any atom is 0.243 e. The first-order valence-corrected chi connectivity index (χ1v) is 10.9. The van der Waals surface area contributed by atoms with Crippen LogP contribution in [0.25, 0.3) is 11.3 Å². The van der Waals surface area contributed by atoms with E-state index in [1.54, 1.807) is 10.4 Å². The number of piperidine rings is 1. The first kappa shape index (κ1) is 20.0. The van der Waals surface area contributed by atoms with Gasteiger partial charge in [0.15, 0.2) is 5.76 Å². The molecule has 0 aliphatic carbocycles. The smallest absolute Gasteiger partial charge is 0.243 e. The number of hydrogen-bond acceptors (Lipinski definition) is 5. The molecule has 1 saturated heterocycles. The van der Waals surface area contributed by atoms with Crippen molar-refractivity contribution < 1.29 is 12.9 Å². The van der Waals surface area contributed by atoms with Gasteiger partial charge in [0, 0.05) is 36.8 Å². The third-order valence-electron chi connectivity index (χ3n) is 5.53. The summed E-state index contributed by atoms with van der Waals surface area (Å²) >= 11 is 0. The van der Waals surface area contributed by atoms with Gasteiger partial charge in [-0.2, -0.15) is 4.31 Å². The van der Waals surface area contributed by atoms with Crippen molar-refractivity contribution in [3.05, 3.63) is 35.5 Å². The second kappa shape index (κ2) is 7.73. The number of sulfonamides is 1. The van der Waals surface area contributed by atoms with Crippen LogP contribution in [0, 0.1) is 13.8 Å². The highest BCUT2D eigenvalue weighted by Crippen LogP contribution is 2.29. The molecule has 0 bridgehead atoms. The maximum atomic E-state index is 13.3. The quantitative estimate of drug-likeness (QED) is 0.781. The van der Waals surface area contributed by atoms with Gasteiger partial charge in [-0.1, -0.05) is 17.3 Å². The van der Waals surface area contributed by atoms with E-state index in [0.29, 0.717) is 35.8 Å². The van der Waals surface area contributed by atoms with Gasteiger partial charge in [0.2, 0.25) is 10.0 Å². The van der Waals surface area contributed by atoms with Gasteiger partial charge in [0.25, 0.3) is 0 Å². The van der Waals surface area contributed by atoms with E-state index in [9.17, 15) is 8.42 Å². The van der Waals surface area contributed by atoms with Crippen LogP contribution in [0.3, 0.4) is 0 Å². The average molecular weight is 392 g/mol. The van der Waals surface area contributed by atoms with E-state index >= 15 is 0 Å². The van der Waals surface area contributed by atoms with E-state index in [2.05, 4.69) is 31.0 Å². The molecular weight excluding hydrogens is 362 g/mol. The standard InChI is InChI=1S/C20H29N3O3S/c1-14(2)22(5)18-8-10-23(11-9-18)27(24,25)20-13-17(7-6-15(20)3)19-12-16(4)21-26-19/h6-7,12-14,18H,8-11H2,1-5H3. The summed E-state index contributed by atoms with van der Waals surface area (Å²) in [5.74, 6) is 0.584. The molecule has 0 atom stereocenters. The van der Waals surface area contributed by atoms with Crippen LogP contribution in [0.1, 0.15) is 37.9 Å². The molecule has 0 amide bonds. The Bertz CT molecular complexity index is 897. The maximum absolute atomic E-state index is 13.3. The monoisotopic (exact) mass is 391 g/mol. The van der Waals surface area contributed by atoms with Gasteiger partial charge < -0.3 is 9.42 Å². The minimum Gasteiger partial charge on any atom is -0.356 e. The Balaban J connectivity index is 1.83. The van der Waals surface area contributed by atoms with Crippen LogP contribution in [0.15, 0.2) is 33.7 Å². The molecule has 27 heavy (non-hydrogen) atoms. The molecule has 1 aromatic heterocycles. The van der Waals surface area contributed by atoms with Crippen molar-refractivity contribution in [3.8, 4) is 11.3 Å². The number of benzene rings is 1. The van der Waals surface area contributed by atoms with Crippen molar-refractivity contribution in [1.29, 1.82) is 0 Å². The fraction of sp³-hybridized carbons (Fsp3) is 0.550. The molecule has 7 heteroatoms. The molecule has 6 nitrogen and oxygen atoms in total. The minimum absolute atomic E-state index is 0.352. The largest absolute Gasteiger partial charge is 0.356 e. The second-order valence-electron chi connectivity index (χ2n) is 7.71. The summed E-state index contributed by atoms with van der Waals surface area (Å²) in [5, 5.41) is 3.90. The van der Waals surface area contributed by atoms with Gasteiger partial charge in [-0.15, -0.1) is 0 Å². The Morgan fingerprint density at radius 1 is 1.19 bits per heavy atom. The normalized spacial score (nSPS) is 17.1. The molecule has 3 rings (SSSR count). The summed E-state index contributed by atoms with van der Waals surface area (Å²) in [4.78, 5) is 2.69. The molecule has 0 N–H and O–H groups in total. The Labute approximate surface area is 162 Å². The summed E-state index contributed by atoms with van der Waals surface area (Å²) < 4.78 is 33.5. The lowest BCUT2D eigenvalue weighted by molar-refractivity contribution is 0.138. The van der Waals surface area contributed by atoms with Crippen molar-refractivity contribution in [2.24, 2.45) is 0 Å². The van der Waals surface area contributed by atoms with Gasteiger partial charge in [-0.3, -0.25) is 0 Å². The van der Waals surface area contributed by atoms with Crippen LogP contribution in [-0.4, -0.2) is 55.0 Å². The lowest BCUT2D eigenvalue weighted by Crippen LogP contribution is -2.47. The van der Waals surface area contributed by atoms with Gasteiger partial charge in [-0.25, -0.2) is 8.42 Å². The molecular formula is C20H29N3O3S. The molecule has 2 heterocycles. The number of hydrogen-bond donors (Lipinski definition) is 0. The number of aryl methyl sites for hydroxylation is 2. The molecule has 0 saturated carbocycles. The van der Waals surface area contributed by atoms with Crippen molar-refractivity contribution in [2.45, 2.75) is 57.5 Å². The topological polar surface area (TPSA) is 66.7 Å². The Kier molecular flexibility index (Phi) is 5.74. The Morgan fingerprint density at radius 3 is 2.41 bits per heavy atom. The minimum atomic E-state index is -3.53. The lowest BCUT2D eigenvalue weighted by atomic mass is 10.0. The third-order valence-corrected chi connectivity index (χ3v) is 7.57. The van der Waals surface area contributed by atoms with Gasteiger partial charge >= 0.3 is 0 Å². The summed E-state index contributed by atoms with van der Waals surface area (Å²) in [6, 6.07) is 8.12. The summed E-state index contributed by atoms with van der Waals surface area (Å²) in [6.45, 7) is 9.12. The highest BCUT2D eigenvalue weighted by molar-refractivity contribution is 7.89. The van der Waals surface area contributed by atoms with E-state index in [4.69, 9.17) is 4.52 Å². The average Bonchev–Trinajstić information content (AvgIpc) is 3.07. The van der Waals surface area contributed by atoms with Gasteiger partial charge in [0.05, 0.1) is 10.6 Å². The molecule has 2 aromatic rings. The van der Waals surface area contributed by atoms with E-state index in [-0.39, 0.29) is 0 Å². The molecule has 1 fully saturated rings. The highest BCUT2D eigenvalue weighted by atomic mass is 32.2. The zero-order chi connectivity index (χ0) is 19.8. The zero-order valence-corrected chi connectivity index (χ0v) is 17.6. The van der Waals surface area contributed by atoms with Crippen LogP contribution in [0.2, 0.25) is 0 Å². The highest BCUT2D eigenvalue weighted by Gasteiger charge is 2.32. The van der Waals surface area contributed by atoms with E-state index in [1.807, 2.05) is 32.0 Å². The van der Waals surface area contributed by atoms with E-state index in [1.165, 1.54) is 0 Å². The first-order valence-electron chi connectivity index (χ1n) is 9.46. The summed E-state index contributed by atoms with van der Waals surface area (Å²) in [5.41, 5.74) is 2.25. The first-order chi connectivity index (χ1) is 12.7. The number of nitrogens with zero attached hydrogens (tertiary/aromatic N) is 3. The van der Waals surface area contributed by atoms with E-state index < -0.39 is 10.0 Å². The predicted octanol–water partition coefficient (Wildman–Crippen LogP) is 3.45. The van der Waals surface area contributed by atoms with Crippen molar-refractivity contribution in [1.82, 2.24) is 14.4 Å². The van der Waals surface area contributed by atoms with Crippen LogP contribution in [0.4, 0.5) is 0 Å². The zero-order valence-electron chi connectivity index (χ0n) is 16.8. The Hall–Kier alpha value is -1.70. The van der Waals surface area contributed by atoms with Crippen molar-refractivity contribution in [3.63, 3.8) is 0 Å². The lowest BCUT2D eigenvalue weighted by Gasteiger charge is -2.38. The number of aromatic nitrogens is 1. The van der Waals surface area contributed by atoms with Crippen LogP contribution >= 0.6 is 0 Å². The van der Waals surface area contributed by atoms with Crippen LogP contribution < -0.4 is 0 Å². The number of rotatable bonds is 5. The molecule has 1 aliphatic heterocycles. The predicted molar refractivity (Wildman–Crippen MR) is 106 cm³/mol. The molecule has 0 radical (unpaired) electrons. The van der Waals surface area contributed by atoms with Crippen molar-refractivity contribution >= 4 is 10.0 Å².